The van der Waals surface area contributed by atoms with E-state index in [-0.39, 0.29) is 6.42 Å². The summed E-state index contributed by atoms with van der Waals surface area (Å²) in [5.74, 6) is -0.687. The third-order valence-corrected chi connectivity index (χ3v) is 0.604. The van der Waals surface area contributed by atoms with Gasteiger partial charge in [-0.05, 0) is 12.6 Å². The van der Waals surface area contributed by atoms with E-state index in [0.29, 0.717) is 6.42 Å². The Kier molecular flexibility index (Phi) is 3.56. The summed E-state index contributed by atoms with van der Waals surface area (Å²) in [6, 6.07) is 0. The van der Waals surface area contributed by atoms with E-state index in [2.05, 4.69) is 5.18 Å². The number of nitrogens with zero attached hydrogens (tertiary/aromatic N) is 1. The fourth-order valence-corrected chi connectivity index (χ4v) is 0.241. The highest BCUT2D eigenvalue weighted by Crippen LogP contribution is 1.86. The molecular formula is C4H6N2O2. The number of hydrogen-bond acceptors (Lipinski definition) is 3. The molecule has 0 atom stereocenters. The summed E-state index contributed by atoms with van der Waals surface area (Å²) in [7, 11) is 0. The summed E-state index contributed by atoms with van der Waals surface area (Å²) in [4.78, 5) is 19.3. The van der Waals surface area contributed by atoms with Gasteiger partial charge in [-0.3, -0.25) is 4.79 Å². The van der Waals surface area contributed by atoms with Gasteiger partial charge in [0.15, 0.2) is 0 Å². The third-order valence-electron chi connectivity index (χ3n) is 0.604. The van der Waals surface area contributed by atoms with E-state index in [0.717, 1.165) is 6.21 Å². The Bertz CT molecular complexity index is 111. The Morgan fingerprint density at radius 2 is 2.38 bits per heavy atom. The van der Waals surface area contributed by atoms with Crippen LogP contribution in [0.1, 0.15) is 12.8 Å². The molecule has 0 unspecified atom stereocenters. The highest BCUT2D eigenvalue weighted by Gasteiger charge is 1.95. The molecule has 0 spiro atoms. The lowest BCUT2D eigenvalue weighted by Gasteiger charge is -1.79. The minimum Gasteiger partial charge on any atom is -0.313 e. The van der Waals surface area contributed by atoms with Crippen LogP contribution in [0.25, 0.3) is 0 Å². The molecule has 0 fully saturated rings. The lowest BCUT2D eigenvalue weighted by atomic mass is 10.3. The normalized spacial score (nSPS) is 8.00. The fourth-order valence-electron chi connectivity index (χ4n) is 0.241. The zero-order valence-corrected chi connectivity index (χ0v) is 4.26. The predicted molar refractivity (Wildman–Crippen MR) is 28.8 cm³/mol. The van der Waals surface area contributed by atoms with Crippen LogP contribution in [0.4, 0.5) is 0 Å². The quantitative estimate of drug-likeness (QED) is 0.433. The number of nitrogens with one attached hydrogen (secondary N) is 1. The Morgan fingerprint density at radius 3 is 2.75 bits per heavy atom. The summed E-state index contributed by atoms with van der Waals surface area (Å²) in [6.07, 6.45) is 1.45. The maximum Gasteiger partial charge on any atom is 0.286 e. The molecule has 0 aromatic carbocycles. The van der Waals surface area contributed by atoms with Gasteiger partial charge in [0.2, 0.25) is 0 Å². The molecule has 44 valence electrons. The summed E-state index contributed by atoms with van der Waals surface area (Å²) < 4.78 is 0. The first-order valence-electron chi connectivity index (χ1n) is 2.16. The topological polar surface area (TPSA) is 70.3 Å². The highest BCUT2D eigenvalue weighted by atomic mass is 16.3. The molecule has 8 heavy (non-hydrogen) atoms. The van der Waals surface area contributed by atoms with E-state index in [4.69, 9.17) is 5.41 Å². The van der Waals surface area contributed by atoms with Crippen molar-refractivity contribution in [1.29, 1.82) is 5.41 Å². The molecule has 0 aromatic rings. The molecule has 1 N–H and O–H groups in total. The third kappa shape index (κ3) is 3.14. The highest BCUT2D eigenvalue weighted by molar-refractivity contribution is 5.78. The summed E-state index contributed by atoms with van der Waals surface area (Å²) >= 11 is 0. The smallest absolute Gasteiger partial charge is 0.286 e. The number of rotatable bonds is 3. The van der Waals surface area contributed by atoms with Crippen molar-refractivity contribution in [1.82, 2.24) is 0 Å². The molecule has 4 heteroatoms. The Morgan fingerprint density at radius 1 is 1.75 bits per heavy atom. The first-order chi connectivity index (χ1) is 3.81. The van der Waals surface area contributed by atoms with Gasteiger partial charge in [-0.1, -0.05) is 0 Å². The molecular weight excluding hydrogens is 108 g/mol. The largest absolute Gasteiger partial charge is 0.313 e. The average Bonchev–Trinajstić information content (AvgIpc) is 1.83. The van der Waals surface area contributed by atoms with Crippen LogP contribution in [0.3, 0.4) is 0 Å². The van der Waals surface area contributed by atoms with Crippen molar-refractivity contribution in [2.45, 2.75) is 12.8 Å². The number of amides is 1. The number of hydrogen-bond donors (Lipinski definition) is 1. The minimum absolute atomic E-state index is 0.0625. The van der Waals surface area contributed by atoms with Gasteiger partial charge in [0.25, 0.3) is 5.91 Å². The molecule has 1 amide bonds. The van der Waals surface area contributed by atoms with Crippen molar-refractivity contribution in [3.05, 3.63) is 4.91 Å². The van der Waals surface area contributed by atoms with E-state index >= 15 is 0 Å². The molecule has 0 aliphatic rings. The van der Waals surface area contributed by atoms with Crippen LogP contribution in [0.2, 0.25) is 0 Å². The molecule has 0 saturated carbocycles. The summed E-state index contributed by atoms with van der Waals surface area (Å²) in [5, 5.41) is 8.58. The van der Waals surface area contributed by atoms with Gasteiger partial charge in [0, 0.05) is 11.6 Å². The van der Waals surface area contributed by atoms with Crippen molar-refractivity contribution in [2.24, 2.45) is 5.18 Å². The van der Waals surface area contributed by atoms with Gasteiger partial charge in [-0.25, -0.2) is 0 Å². The molecule has 0 aliphatic heterocycles. The van der Waals surface area contributed by atoms with Gasteiger partial charge >= 0.3 is 0 Å². The molecule has 0 saturated heterocycles. The predicted octanol–water partition coefficient (Wildman–Crippen LogP) is 0.709. The van der Waals surface area contributed by atoms with Crippen molar-refractivity contribution >= 4 is 12.1 Å². The lowest BCUT2D eigenvalue weighted by Crippen LogP contribution is -1.90. The Hall–Kier alpha value is -1.06. The van der Waals surface area contributed by atoms with Crippen molar-refractivity contribution in [2.75, 3.05) is 0 Å². The second-order valence-electron chi connectivity index (χ2n) is 1.23. The van der Waals surface area contributed by atoms with Crippen LogP contribution in [-0.4, -0.2) is 12.1 Å². The van der Waals surface area contributed by atoms with Gasteiger partial charge in [-0.2, -0.15) is 0 Å². The molecule has 0 rings (SSSR count). The Balaban J connectivity index is 3.24. The second-order valence-corrected chi connectivity index (χ2v) is 1.23. The monoisotopic (exact) mass is 114 g/mol. The Labute approximate surface area is 46.4 Å². The van der Waals surface area contributed by atoms with Crippen LogP contribution in [0.5, 0.6) is 0 Å². The van der Waals surface area contributed by atoms with Gasteiger partial charge in [0.1, 0.15) is 0 Å². The fraction of sp³-hybridized carbons (Fsp3) is 0.500. The van der Waals surface area contributed by atoms with E-state index in [9.17, 15) is 9.70 Å². The zero-order chi connectivity index (χ0) is 6.41. The van der Waals surface area contributed by atoms with Crippen molar-refractivity contribution in [3.63, 3.8) is 0 Å². The van der Waals surface area contributed by atoms with Crippen LogP contribution in [-0.2, 0) is 4.79 Å². The number of carbonyl (C=O) groups is 1. The van der Waals surface area contributed by atoms with E-state index in [1.54, 1.807) is 0 Å². The summed E-state index contributed by atoms with van der Waals surface area (Å²) in [6.45, 7) is 0. The molecule has 0 aromatic heterocycles. The van der Waals surface area contributed by atoms with Crippen molar-refractivity contribution in [3.8, 4) is 0 Å². The number of nitroso groups, excluding NO2 is 1. The van der Waals surface area contributed by atoms with E-state index in [1.165, 1.54) is 0 Å². The molecule has 4 nitrogen and oxygen atoms in total. The molecule has 0 aliphatic carbocycles. The number of carbonyl (C=O) groups excluding carboxylic acids is 1. The molecule has 0 radical (unpaired) electrons. The summed E-state index contributed by atoms with van der Waals surface area (Å²) in [5.41, 5.74) is 0. The zero-order valence-electron chi connectivity index (χ0n) is 4.26. The van der Waals surface area contributed by atoms with Crippen LogP contribution in [0.15, 0.2) is 5.18 Å². The maximum absolute atomic E-state index is 9.99. The van der Waals surface area contributed by atoms with Crippen molar-refractivity contribution < 1.29 is 4.79 Å². The van der Waals surface area contributed by atoms with E-state index < -0.39 is 5.91 Å². The average molecular weight is 114 g/mol. The lowest BCUT2D eigenvalue weighted by molar-refractivity contribution is -0.117. The van der Waals surface area contributed by atoms with Crippen LogP contribution >= 0.6 is 0 Å². The maximum atomic E-state index is 9.99. The standard InChI is InChI=1S/C4H6N2O2/c5-3-1-2-4(7)6-8/h3,5H,1-2H2. The van der Waals surface area contributed by atoms with E-state index in [1.807, 2.05) is 0 Å². The molecule has 0 heterocycles. The van der Waals surface area contributed by atoms with Crippen LogP contribution < -0.4 is 0 Å². The van der Waals surface area contributed by atoms with Gasteiger partial charge in [-0.15, -0.1) is 4.91 Å². The van der Waals surface area contributed by atoms with Gasteiger partial charge < -0.3 is 5.41 Å². The minimum atomic E-state index is -0.687. The van der Waals surface area contributed by atoms with Gasteiger partial charge in [0.05, 0.1) is 0 Å². The first-order valence-corrected chi connectivity index (χ1v) is 2.16. The second kappa shape index (κ2) is 4.11. The van der Waals surface area contributed by atoms with Crippen LogP contribution in [0, 0.1) is 10.3 Å². The SMILES string of the molecule is N=CCCC(=O)N=O. The first kappa shape index (κ1) is 6.94. The molecule has 0 bridgehead atoms.